The van der Waals surface area contributed by atoms with Crippen molar-refractivity contribution in [2.24, 2.45) is 7.05 Å². The molecular weight excluding hydrogens is 320 g/mol. The summed E-state index contributed by atoms with van der Waals surface area (Å²) in [7, 11) is 1.83. The van der Waals surface area contributed by atoms with Crippen molar-refractivity contribution in [2.45, 2.75) is 6.92 Å². The monoisotopic (exact) mass is 342 g/mol. The highest BCUT2D eigenvalue weighted by Crippen LogP contribution is 2.13. The van der Waals surface area contributed by atoms with Crippen LogP contribution in [-0.4, -0.2) is 53.1 Å². The normalized spacial score (nSPS) is 14.5. The van der Waals surface area contributed by atoms with Crippen molar-refractivity contribution in [3.63, 3.8) is 0 Å². The number of piperazine rings is 1. The summed E-state index contributed by atoms with van der Waals surface area (Å²) in [6.07, 6.45) is 3.38. The number of aromatic nitrogens is 2. The van der Waals surface area contributed by atoms with Gasteiger partial charge in [-0.25, -0.2) is 4.98 Å². The Morgan fingerprint density at radius 1 is 1.24 bits per heavy atom. The molecule has 2 aromatic heterocycles. The van der Waals surface area contributed by atoms with Crippen molar-refractivity contribution >= 4 is 11.7 Å². The molecule has 1 aliphatic heterocycles. The number of carbonyl (C=O) groups excluding carboxylic acids is 1. The van der Waals surface area contributed by atoms with Gasteiger partial charge in [-0.3, -0.25) is 9.59 Å². The van der Waals surface area contributed by atoms with Crippen LogP contribution in [0.2, 0.25) is 0 Å². The molecule has 0 radical (unpaired) electrons. The van der Waals surface area contributed by atoms with Crippen LogP contribution in [0.1, 0.15) is 5.69 Å². The van der Waals surface area contributed by atoms with Gasteiger partial charge in [0.1, 0.15) is 5.82 Å². The fourth-order valence-electron chi connectivity index (χ4n) is 2.77. The molecule has 0 bridgehead atoms. The van der Waals surface area contributed by atoms with Gasteiger partial charge >= 0.3 is 0 Å². The van der Waals surface area contributed by atoms with Gasteiger partial charge in [0.25, 0.3) is 5.91 Å². The Labute approximate surface area is 146 Å². The van der Waals surface area contributed by atoms with Crippen molar-refractivity contribution in [2.75, 3.05) is 37.7 Å². The molecule has 3 rings (SSSR count). The minimum Gasteiger partial charge on any atom is -0.478 e. The van der Waals surface area contributed by atoms with E-state index >= 15 is 0 Å². The summed E-state index contributed by atoms with van der Waals surface area (Å²) < 4.78 is 7.25. The zero-order valence-corrected chi connectivity index (χ0v) is 14.5. The average Bonchev–Trinajstić information content (AvgIpc) is 2.64. The minimum absolute atomic E-state index is 0.108. The van der Waals surface area contributed by atoms with Crippen molar-refractivity contribution in [1.82, 2.24) is 14.5 Å². The smallest absolute Gasteiger partial charge is 0.260 e. The molecule has 2 aromatic rings. The number of amides is 1. The number of nitrogens with zero attached hydrogens (tertiary/aromatic N) is 4. The van der Waals surface area contributed by atoms with Gasteiger partial charge in [-0.15, -0.1) is 0 Å². The predicted molar refractivity (Wildman–Crippen MR) is 94.9 cm³/mol. The third-order valence-electron chi connectivity index (χ3n) is 4.41. The number of hydrogen-bond acceptors (Lipinski definition) is 5. The summed E-state index contributed by atoms with van der Waals surface area (Å²) in [5, 5.41) is 0. The van der Waals surface area contributed by atoms with Gasteiger partial charge < -0.3 is 19.1 Å². The van der Waals surface area contributed by atoms with Crippen LogP contribution in [0.4, 0.5) is 5.82 Å². The molecular formula is C18H22N4O3. The number of hydrogen-bond donors (Lipinski definition) is 0. The van der Waals surface area contributed by atoms with Crippen LogP contribution in [0.15, 0.2) is 41.5 Å². The van der Waals surface area contributed by atoms with Crippen molar-refractivity contribution in [1.29, 1.82) is 0 Å². The van der Waals surface area contributed by atoms with E-state index in [0.717, 1.165) is 24.6 Å². The Balaban J connectivity index is 1.53. The van der Waals surface area contributed by atoms with E-state index in [2.05, 4.69) is 9.88 Å². The number of rotatable bonds is 4. The predicted octanol–water partition coefficient (Wildman–Crippen LogP) is 0.816. The van der Waals surface area contributed by atoms with E-state index in [0.29, 0.717) is 13.1 Å². The van der Waals surface area contributed by atoms with Gasteiger partial charge in [-0.1, -0.05) is 6.07 Å². The van der Waals surface area contributed by atoms with Crippen molar-refractivity contribution in [3.05, 3.63) is 52.6 Å². The van der Waals surface area contributed by atoms with Crippen LogP contribution < -0.4 is 15.1 Å². The fraction of sp³-hybridized carbons (Fsp3) is 0.389. The Kier molecular flexibility index (Phi) is 5.02. The highest BCUT2D eigenvalue weighted by atomic mass is 16.5. The number of ether oxygens (including phenoxy) is 1. The summed E-state index contributed by atoms with van der Waals surface area (Å²) in [5.74, 6) is 1.02. The van der Waals surface area contributed by atoms with Gasteiger partial charge in [-0.05, 0) is 19.1 Å². The molecule has 1 saturated heterocycles. The zero-order valence-electron chi connectivity index (χ0n) is 14.5. The molecule has 7 nitrogen and oxygen atoms in total. The summed E-state index contributed by atoms with van der Waals surface area (Å²) in [6, 6.07) is 7.31. The molecule has 3 heterocycles. The molecule has 0 aliphatic carbocycles. The molecule has 1 amide bonds. The lowest BCUT2D eigenvalue weighted by atomic mass is 10.3. The SMILES string of the molecule is Cc1cc(=O)c(OCC(=O)N2CCN(c3ccccn3)CC2)cn1C. The standard InChI is InChI=1S/C18H22N4O3/c1-14-11-15(23)16(12-20(14)2)25-13-18(24)22-9-7-21(8-10-22)17-5-3-4-6-19-17/h3-6,11-12H,7-10,13H2,1-2H3. The first-order valence-electron chi connectivity index (χ1n) is 8.28. The largest absolute Gasteiger partial charge is 0.478 e. The molecule has 7 heteroatoms. The van der Waals surface area contributed by atoms with E-state index in [1.807, 2.05) is 32.2 Å². The first-order valence-corrected chi connectivity index (χ1v) is 8.28. The molecule has 0 N–H and O–H groups in total. The van der Waals surface area contributed by atoms with Gasteiger partial charge in [0.15, 0.2) is 12.4 Å². The maximum absolute atomic E-state index is 12.3. The lowest BCUT2D eigenvalue weighted by Crippen LogP contribution is -2.50. The van der Waals surface area contributed by atoms with Gasteiger partial charge in [-0.2, -0.15) is 0 Å². The van der Waals surface area contributed by atoms with E-state index in [4.69, 9.17) is 4.74 Å². The van der Waals surface area contributed by atoms with Crippen LogP contribution in [-0.2, 0) is 11.8 Å². The quantitative estimate of drug-likeness (QED) is 0.823. The van der Waals surface area contributed by atoms with Crippen LogP contribution in [0.3, 0.4) is 0 Å². The van der Waals surface area contributed by atoms with Crippen molar-refractivity contribution < 1.29 is 9.53 Å². The number of aryl methyl sites for hydroxylation is 2. The minimum atomic E-state index is -0.205. The Hall–Kier alpha value is -2.83. The summed E-state index contributed by atoms with van der Waals surface area (Å²) >= 11 is 0. The van der Waals surface area contributed by atoms with E-state index in [-0.39, 0.29) is 23.7 Å². The number of anilines is 1. The molecule has 0 aromatic carbocycles. The molecule has 1 fully saturated rings. The van der Waals surface area contributed by atoms with E-state index in [1.165, 1.54) is 6.07 Å². The van der Waals surface area contributed by atoms with Crippen LogP contribution in [0.5, 0.6) is 5.75 Å². The highest BCUT2D eigenvalue weighted by molar-refractivity contribution is 5.78. The average molecular weight is 342 g/mol. The first-order chi connectivity index (χ1) is 12.0. The second-order valence-corrected chi connectivity index (χ2v) is 6.10. The molecule has 132 valence electrons. The third kappa shape index (κ3) is 3.99. The maximum atomic E-state index is 12.3. The molecule has 0 spiro atoms. The number of pyridine rings is 2. The zero-order chi connectivity index (χ0) is 17.8. The van der Waals surface area contributed by atoms with E-state index < -0.39 is 0 Å². The number of carbonyl (C=O) groups is 1. The summed E-state index contributed by atoms with van der Waals surface area (Å²) in [5.41, 5.74) is 0.637. The molecule has 0 unspecified atom stereocenters. The van der Waals surface area contributed by atoms with Gasteiger partial charge in [0.2, 0.25) is 5.43 Å². The molecule has 25 heavy (non-hydrogen) atoms. The van der Waals surface area contributed by atoms with Crippen LogP contribution >= 0.6 is 0 Å². The Bertz CT molecular complexity index is 796. The third-order valence-corrected chi connectivity index (χ3v) is 4.41. The fourth-order valence-corrected chi connectivity index (χ4v) is 2.77. The Morgan fingerprint density at radius 3 is 2.68 bits per heavy atom. The lowest BCUT2D eigenvalue weighted by molar-refractivity contribution is -0.133. The maximum Gasteiger partial charge on any atom is 0.260 e. The van der Waals surface area contributed by atoms with E-state index in [9.17, 15) is 9.59 Å². The van der Waals surface area contributed by atoms with E-state index in [1.54, 1.807) is 21.9 Å². The van der Waals surface area contributed by atoms with Gasteiger partial charge in [0.05, 0.1) is 0 Å². The van der Waals surface area contributed by atoms with Crippen LogP contribution in [0, 0.1) is 6.92 Å². The van der Waals surface area contributed by atoms with Crippen molar-refractivity contribution in [3.8, 4) is 5.75 Å². The first kappa shape index (κ1) is 17.0. The topological polar surface area (TPSA) is 67.7 Å². The summed E-state index contributed by atoms with van der Waals surface area (Å²) in [4.78, 5) is 32.5. The second-order valence-electron chi connectivity index (χ2n) is 6.10. The Morgan fingerprint density at radius 2 is 2.00 bits per heavy atom. The molecule has 1 aliphatic rings. The lowest BCUT2D eigenvalue weighted by Gasteiger charge is -2.35. The highest BCUT2D eigenvalue weighted by Gasteiger charge is 2.22. The molecule has 0 saturated carbocycles. The molecule has 0 atom stereocenters. The van der Waals surface area contributed by atoms with Crippen LogP contribution in [0.25, 0.3) is 0 Å². The second kappa shape index (κ2) is 7.38. The van der Waals surface area contributed by atoms with Gasteiger partial charge in [0, 0.05) is 57.4 Å². The summed E-state index contributed by atoms with van der Waals surface area (Å²) in [6.45, 7) is 4.42.